The van der Waals surface area contributed by atoms with E-state index in [1.165, 1.54) is 0 Å². The van der Waals surface area contributed by atoms with E-state index in [1.54, 1.807) is 38.9 Å². The molecule has 0 aliphatic heterocycles. The van der Waals surface area contributed by atoms with Crippen molar-refractivity contribution in [3.63, 3.8) is 0 Å². The summed E-state index contributed by atoms with van der Waals surface area (Å²) in [7, 11) is 1.65. The van der Waals surface area contributed by atoms with Crippen LogP contribution in [0.25, 0.3) is 33.1 Å². The normalized spacial score (nSPS) is 12.0. The quantitative estimate of drug-likeness (QED) is 0.139. The Labute approximate surface area is 286 Å². The molecule has 0 fully saturated rings. The van der Waals surface area contributed by atoms with Gasteiger partial charge >= 0.3 is 5.97 Å². The molecule has 0 amide bonds. The summed E-state index contributed by atoms with van der Waals surface area (Å²) in [5.74, 6) is 0.632. The number of carboxylic acids is 1. The van der Waals surface area contributed by atoms with Crippen LogP contribution in [0.2, 0.25) is 0 Å². The van der Waals surface area contributed by atoms with Crippen LogP contribution in [0, 0.1) is 5.41 Å². The molecule has 6 rings (SSSR count). The topological polar surface area (TPSA) is 86.5 Å². The maximum absolute atomic E-state index is 12.4. The van der Waals surface area contributed by atoms with E-state index < -0.39 is 11.4 Å². The van der Waals surface area contributed by atoms with Crippen LogP contribution in [-0.2, 0) is 24.4 Å². The summed E-state index contributed by atoms with van der Waals surface area (Å²) in [6, 6.07) is 30.4. The number of fused-ring (bicyclic) bond motifs is 2. The van der Waals surface area contributed by atoms with Crippen molar-refractivity contribution < 1.29 is 19.4 Å². The Balaban J connectivity index is 1.40. The lowest BCUT2D eigenvalue weighted by Crippen LogP contribution is -2.28. The number of thioether (sulfide) groups is 1. The number of nitrogens with zero attached hydrogens (tertiary/aromatic N) is 3. The number of rotatable bonds is 11. The summed E-state index contributed by atoms with van der Waals surface area (Å²) in [6.07, 6.45) is 2.13. The van der Waals surface area contributed by atoms with Gasteiger partial charge < -0.3 is 19.1 Å². The molecular weight excluding hydrogens is 619 g/mol. The smallest absolute Gasteiger partial charge is 0.309 e. The first-order valence-corrected chi connectivity index (χ1v) is 16.9. The molecule has 48 heavy (non-hydrogen) atoms. The van der Waals surface area contributed by atoms with Crippen molar-refractivity contribution in [3.05, 3.63) is 114 Å². The zero-order chi connectivity index (χ0) is 34.1. The van der Waals surface area contributed by atoms with E-state index in [0.717, 1.165) is 66.4 Å². The molecule has 246 valence electrons. The standard InChI is InChI=1S/C40H41N3O4S/c1-39(2,3)48-37-31-22-30(47-25-29-18-17-27-10-7-8-11-32(27)42-29)19-20-33(31)43(34(37)23-40(4,5)38(44)45)24-26-13-15-28(16-14-26)36-35(46-6)12-9-21-41-36/h7-22H,23-25H2,1-6H3,(H,44,45). The van der Waals surface area contributed by atoms with Gasteiger partial charge in [0.05, 0.1) is 23.7 Å². The number of ether oxygens (including phenoxy) is 2. The van der Waals surface area contributed by atoms with Gasteiger partial charge in [-0.15, -0.1) is 11.8 Å². The Bertz CT molecular complexity index is 2090. The fraction of sp³-hybridized carbons (Fsp3) is 0.275. The number of methoxy groups -OCH3 is 1. The number of aromatic nitrogens is 3. The number of aliphatic carboxylic acids is 1. The van der Waals surface area contributed by atoms with Gasteiger partial charge in [0.1, 0.15) is 23.8 Å². The minimum atomic E-state index is -0.972. The molecule has 0 aliphatic rings. The lowest BCUT2D eigenvalue weighted by atomic mass is 9.88. The molecule has 0 saturated carbocycles. The van der Waals surface area contributed by atoms with Crippen LogP contribution in [0.4, 0.5) is 0 Å². The van der Waals surface area contributed by atoms with Gasteiger partial charge in [0.15, 0.2) is 0 Å². The van der Waals surface area contributed by atoms with Crippen LogP contribution in [-0.4, -0.2) is 37.5 Å². The van der Waals surface area contributed by atoms with Crippen molar-refractivity contribution in [2.24, 2.45) is 5.41 Å². The van der Waals surface area contributed by atoms with Crippen LogP contribution in [0.15, 0.2) is 102 Å². The van der Waals surface area contributed by atoms with Gasteiger partial charge in [0.2, 0.25) is 0 Å². The van der Waals surface area contributed by atoms with Gasteiger partial charge in [-0.25, -0.2) is 4.98 Å². The Morgan fingerprint density at radius 2 is 1.69 bits per heavy atom. The van der Waals surface area contributed by atoms with Crippen LogP contribution >= 0.6 is 11.8 Å². The predicted molar refractivity (Wildman–Crippen MR) is 194 cm³/mol. The van der Waals surface area contributed by atoms with Crippen molar-refractivity contribution in [3.8, 4) is 22.8 Å². The molecule has 0 atom stereocenters. The fourth-order valence-corrected chi connectivity index (χ4v) is 6.97. The van der Waals surface area contributed by atoms with E-state index in [0.29, 0.717) is 19.6 Å². The Hall–Kier alpha value is -4.82. The molecule has 0 bridgehead atoms. The first kappa shape index (κ1) is 33.1. The third kappa shape index (κ3) is 7.19. The van der Waals surface area contributed by atoms with E-state index in [2.05, 4.69) is 78.9 Å². The summed E-state index contributed by atoms with van der Waals surface area (Å²) in [5.41, 5.74) is 5.70. The summed E-state index contributed by atoms with van der Waals surface area (Å²) in [6.45, 7) is 11.1. The van der Waals surface area contributed by atoms with Crippen LogP contribution in [0.1, 0.15) is 51.6 Å². The number of pyridine rings is 2. The summed E-state index contributed by atoms with van der Waals surface area (Å²) in [4.78, 5) is 22.8. The average Bonchev–Trinajstić information content (AvgIpc) is 3.32. The van der Waals surface area contributed by atoms with E-state index in [1.807, 2.05) is 42.5 Å². The van der Waals surface area contributed by atoms with E-state index in [4.69, 9.17) is 14.5 Å². The minimum Gasteiger partial charge on any atom is -0.494 e. The summed E-state index contributed by atoms with van der Waals surface area (Å²) < 4.78 is 14.0. The number of benzene rings is 3. The molecule has 0 unspecified atom stereocenters. The van der Waals surface area contributed by atoms with Gasteiger partial charge in [-0.3, -0.25) is 9.78 Å². The zero-order valence-electron chi connectivity index (χ0n) is 28.3. The third-order valence-electron chi connectivity index (χ3n) is 8.29. The highest BCUT2D eigenvalue weighted by Crippen LogP contribution is 2.44. The van der Waals surface area contributed by atoms with Gasteiger partial charge in [-0.1, -0.05) is 69.3 Å². The maximum Gasteiger partial charge on any atom is 0.309 e. The second kappa shape index (κ2) is 13.4. The fourth-order valence-electron chi connectivity index (χ4n) is 5.78. The van der Waals surface area contributed by atoms with Crippen molar-refractivity contribution in [1.82, 2.24) is 14.5 Å². The second-order valence-corrected chi connectivity index (χ2v) is 15.5. The molecule has 0 radical (unpaired) electrons. The van der Waals surface area contributed by atoms with Crippen molar-refractivity contribution in [2.75, 3.05) is 7.11 Å². The molecule has 3 aromatic heterocycles. The highest BCUT2D eigenvalue weighted by molar-refractivity contribution is 8.00. The molecule has 0 saturated heterocycles. The minimum absolute atomic E-state index is 0.115. The van der Waals surface area contributed by atoms with E-state index >= 15 is 0 Å². The van der Waals surface area contributed by atoms with Crippen molar-refractivity contribution in [2.45, 2.75) is 63.8 Å². The van der Waals surface area contributed by atoms with Gasteiger partial charge in [-0.2, -0.15) is 0 Å². The van der Waals surface area contributed by atoms with E-state index in [-0.39, 0.29) is 4.75 Å². The maximum atomic E-state index is 12.4. The zero-order valence-corrected chi connectivity index (χ0v) is 29.1. The van der Waals surface area contributed by atoms with Gasteiger partial charge in [-0.05, 0) is 61.9 Å². The molecule has 3 aromatic carbocycles. The van der Waals surface area contributed by atoms with E-state index in [9.17, 15) is 9.90 Å². The number of para-hydroxylation sites is 1. The molecule has 6 aromatic rings. The van der Waals surface area contributed by atoms with Gasteiger partial charge in [0, 0.05) is 56.4 Å². The highest BCUT2D eigenvalue weighted by atomic mass is 32.2. The Morgan fingerprint density at radius 3 is 2.42 bits per heavy atom. The molecule has 7 nitrogen and oxygen atoms in total. The largest absolute Gasteiger partial charge is 0.494 e. The average molecular weight is 660 g/mol. The third-order valence-corrected chi connectivity index (χ3v) is 9.56. The Morgan fingerprint density at radius 1 is 0.917 bits per heavy atom. The SMILES string of the molecule is COc1cccnc1-c1ccc(Cn2c(CC(C)(C)C(=O)O)c(SC(C)(C)C)c3cc(OCc4ccc5ccccc5n4)ccc32)cc1. The first-order chi connectivity index (χ1) is 22.9. The van der Waals surface area contributed by atoms with Crippen molar-refractivity contribution in [1.29, 1.82) is 0 Å². The molecule has 1 N–H and O–H groups in total. The second-order valence-electron chi connectivity index (χ2n) is 13.7. The highest BCUT2D eigenvalue weighted by Gasteiger charge is 2.33. The number of carboxylic acid groups (broad SMARTS) is 1. The lowest BCUT2D eigenvalue weighted by molar-refractivity contribution is -0.146. The molecule has 0 aliphatic carbocycles. The predicted octanol–water partition coefficient (Wildman–Crippen LogP) is 9.43. The first-order valence-electron chi connectivity index (χ1n) is 16.1. The monoisotopic (exact) mass is 659 g/mol. The Kier molecular flexibility index (Phi) is 9.21. The van der Waals surface area contributed by atoms with Crippen LogP contribution in [0.5, 0.6) is 11.5 Å². The van der Waals surface area contributed by atoms with Crippen molar-refractivity contribution >= 4 is 39.5 Å². The number of hydrogen-bond donors (Lipinski definition) is 1. The lowest BCUT2D eigenvalue weighted by Gasteiger charge is -2.24. The summed E-state index contributed by atoms with van der Waals surface area (Å²) in [5, 5.41) is 12.3. The molecule has 8 heteroatoms. The van der Waals surface area contributed by atoms with Crippen LogP contribution < -0.4 is 9.47 Å². The number of hydrogen-bond acceptors (Lipinski definition) is 6. The molecule has 3 heterocycles. The number of carbonyl (C=O) groups is 1. The van der Waals surface area contributed by atoms with Crippen LogP contribution in [0.3, 0.4) is 0 Å². The summed E-state index contributed by atoms with van der Waals surface area (Å²) >= 11 is 1.77. The molecule has 0 spiro atoms. The molecular formula is C40H41N3O4S. The van der Waals surface area contributed by atoms with Gasteiger partial charge in [0.25, 0.3) is 0 Å².